The second-order valence-corrected chi connectivity index (χ2v) is 10.7. The molecule has 0 saturated heterocycles. The molecule has 1 aromatic heterocycles. The van der Waals surface area contributed by atoms with Gasteiger partial charge in [-0.15, -0.1) is 0 Å². The summed E-state index contributed by atoms with van der Waals surface area (Å²) in [6.45, 7) is 2.01. The number of hydrogen-bond donors (Lipinski definition) is 1. The number of nitrogens with zero attached hydrogens (tertiary/aromatic N) is 1. The third-order valence-corrected chi connectivity index (χ3v) is 7.65. The summed E-state index contributed by atoms with van der Waals surface area (Å²) >= 11 is 5.00. The number of halogens is 1. The molecule has 6 nitrogen and oxygen atoms in total. The molecular formula is C22H23BrN2O4S2. The average molecular weight is 523 g/mol. The van der Waals surface area contributed by atoms with Gasteiger partial charge in [0.05, 0.1) is 22.6 Å². The molecule has 0 spiro atoms. The van der Waals surface area contributed by atoms with E-state index in [0.29, 0.717) is 18.0 Å². The van der Waals surface area contributed by atoms with Gasteiger partial charge in [-0.2, -0.15) is 11.8 Å². The molecule has 164 valence electrons. The van der Waals surface area contributed by atoms with Crippen molar-refractivity contribution in [1.82, 2.24) is 5.32 Å². The molecule has 1 heterocycles. The zero-order valence-electron chi connectivity index (χ0n) is 17.0. The quantitative estimate of drug-likeness (QED) is 0.393. The van der Waals surface area contributed by atoms with Gasteiger partial charge in [0.25, 0.3) is 10.0 Å². The van der Waals surface area contributed by atoms with Crippen molar-refractivity contribution in [2.45, 2.75) is 17.6 Å². The number of nitrogens with one attached hydrogen (secondary N) is 1. The van der Waals surface area contributed by atoms with Crippen LogP contribution in [-0.4, -0.2) is 33.2 Å². The predicted octanol–water partition coefficient (Wildman–Crippen LogP) is 4.60. The molecule has 0 aliphatic rings. The zero-order chi connectivity index (χ0) is 22.3. The molecule has 0 atom stereocenters. The summed E-state index contributed by atoms with van der Waals surface area (Å²) in [5.74, 6) is 1.92. The van der Waals surface area contributed by atoms with E-state index in [0.717, 1.165) is 25.9 Å². The van der Waals surface area contributed by atoms with Gasteiger partial charge in [0.15, 0.2) is 0 Å². The Morgan fingerprint density at radius 3 is 2.58 bits per heavy atom. The first-order valence-electron chi connectivity index (χ1n) is 9.58. The number of thioether (sulfide) groups is 1. The Kier molecular flexibility index (Phi) is 8.22. The van der Waals surface area contributed by atoms with Crippen LogP contribution in [0.3, 0.4) is 0 Å². The first-order valence-corrected chi connectivity index (χ1v) is 13.0. The van der Waals surface area contributed by atoms with Gasteiger partial charge in [0, 0.05) is 16.8 Å². The Balaban J connectivity index is 1.68. The lowest BCUT2D eigenvalue weighted by atomic mass is 10.2. The Labute approximate surface area is 195 Å². The molecule has 0 radical (unpaired) electrons. The van der Waals surface area contributed by atoms with E-state index in [4.69, 9.17) is 4.42 Å². The van der Waals surface area contributed by atoms with E-state index in [1.165, 1.54) is 0 Å². The highest BCUT2D eigenvalue weighted by Crippen LogP contribution is 2.26. The normalized spacial score (nSPS) is 11.3. The molecule has 2 aromatic carbocycles. The first-order chi connectivity index (χ1) is 14.9. The maximum Gasteiger partial charge on any atom is 0.264 e. The molecule has 1 N–H and O–H groups in total. The lowest BCUT2D eigenvalue weighted by Gasteiger charge is -2.24. The Morgan fingerprint density at radius 2 is 1.90 bits per heavy atom. The van der Waals surface area contributed by atoms with Crippen LogP contribution in [0.4, 0.5) is 5.69 Å². The smallest absolute Gasteiger partial charge is 0.264 e. The molecule has 0 fully saturated rings. The maximum atomic E-state index is 13.3. The van der Waals surface area contributed by atoms with Gasteiger partial charge in [0.1, 0.15) is 12.3 Å². The summed E-state index contributed by atoms with van der Waals surface area (Å²) in [4.78, 5) is 12.7. The van der Waals surface area contributed by atoms with E-state index >= 15 is 0 Å². The number of sulfonamides is 1. The van der Waals surface area contributed by atoms with E-state index in [1.807, 2.05) is 19.1 Å². The Bertz CT molecular complexity index is 1100. The van der Waals surface area contributed by atoms with Crippen LogP contribution in [-0.2, 0) is 20.6 Å². The monoisotopic (exact) mass is 522 g/mol. The largest absolute Gasteiger partial charge is 0.468 e. The van der Waals surface area contributed by atoms with Crippen LogP contribution >= 0.6 is 27.7 Å². The van der Waals surface area contributed by atoms with Gasteiger partial charge in [-0.25, -0.2) is 8.42 Å². The van der Waals surface area contributed by atoms with Crippen LogP contribution in [0, 0.1) is 6.92 Å². The van der Waals surface area contributed by atoms with E-state index in [1.54, 1.807) is 66.6 Å². The standard InChI is InChI=1S/C22H23BrN2O4S2/c1-17-7-9-21(10-8-17)31(27,28)25(19-5-2-4-18(23)14-19)15-22(26)24-11-13-30-16-20-6-3-12-29-20/h2-10,12,14H,11,13,15-16H2,1H3,(H,24,26). The van der Waals surface area contributed by atoms with Crippen molar-refractivity contribution >= 4 is 49.3 Å². The summed E-state index contributed by atoms with van der Waals surface area (Å²) in [5.41, 5.74) is 1.37. The summed E-state index contributed by atoms with van der Waals surface area (Å²) < 4.78 is 33.8. The van der Waals surface area contributed by atoms with Crippen LogP contribution in [0.1, 0.15) is 11.3 Å². The highest BCUT2D eigenvalue weighted by Gasteiger charge is 2.27. The summed E-state index contributed by atoms with van der Waals surface area (Å²) in [7, 11) is -3.91. The maximum absolute atomic E-state index is 13.3. The molecule has 9 heteroatoms. The minimum Gasteiger partial charge on any atom is -0.468 e. The number of furan rings is 1. The number of rotatable bonds is 10. The van der Waals surface area contributed by atoms with Gasteiger partial charge in [-0.05, 0) is 49.4 Å². The van der Waals surface area contributed by atoms with Crippen molar-refractivity contribution in [1.29, 1.82) is 0 Å². The number of amides is 1. The van der Waals surface area contributed by atoms with E-state index in [-0.39, 0.29) is 17.3 Å². The minimum atomic E-state index is -3.91. The van der Waals surface area contributed by atoms with Crippen LogP contribution in [0.2, 0.25) is 0 Å². The van der Waals surface area contributed by atoms with E-state index in [9.17, 15) is 13.2 Å². The number of hydrogen-bond acceptors (Lipinski definition) is 5. The molecule has 3 aromatic rings. The van der Waals surface area contributed by atoms with Crippen LogP contribution in [0.5, 0.6) is 0 Å². The van der Waals surface area contributed by atoms with Crippen molar-refractivity contribution in [3.63, 3.8) is 0 Å². The van der Waals surface area contributed by atoms with E-state index < -0.39 is 10.0 Å². The minimum absolute atomic E-state index is 0.139. The molecule has 31 heavy (non-hydrogen) atoms. The highest BCUT2D eigenvalue weighted by molar-refractivity contribution is 9.10. The second kappa shape index (κ2) is 10.9. The van der Waals surface area contributed by atoms with E-state index in [2.05, 4.69) is 21.2 Å². The first kappa shape index (κ1) is 23.4. The molecule has 0 aliphatic heterocycles. The molecule has 1 amide bonds. The SMILES string of the molecule is Cc1ccc(S(=O)(=O)N(CC(=O)NCCSCc2ccco2)c2cccc(Br)c2)cc1. The molecule has 0 bridgehead atoms. The number of benzene rings is 2. The fraction of sp³-hybridized carbons (Fsp3) is 0.227. The van der Waals surface area contributed by atoms with Gasteiger partial charge < -0.3 is 9.73 Å². The lowest BCUT2D eigenvalue weighted by molar-refractivity contribution is -0.119. The third kappa shape index (κ3) is 6.62. The van der Waals surface area contributed by atoms with Gasteiger partial charge in [0.2, 0.25) is 5.91 Å². The molecule has 0 saturated carbocycles. The molecule has 0 unspecified atom stereocenters. The summed E-state index contributed by atoms with van der Waals surface area (Å²) in [5, 5.41) is 2.80. The van der Waals surface area contributed by atoms with Crippen molar-refractivity contribution in [3.05, 3.63) is 82.7 Å². The van der Waals surface area contributed by atoms with Crippen molar-refractivity contribution in [2.24, 2.45) is 0 Å². The molecule has 0 aliphatic carbocycles. The number of aryl methyl sites for hydroxylation is 1. The highest BCUT2D eigenvalue weighted by atomic mass is 79.9. The van der Waals surface area contributed by atoms with Crippen molar-refractivity contribution < 1.29 is 17.6 Å². The van der Waals surface area contributed by atoms with Gasteiger partial charge in [-0.3, -0.25) is 9.10 Å². The number of carbonyl (C=O) groups excluding carboxylic acids is 1. The van der Waals surface area contributed by atoms with Gasteiger partial charge >= 0.3 is 0 Å². The third-order valence-electron chi connectivity index (χ3n) is 4.39. The Morgan fingerprint density at radius 1 is 1.13 bits per heavy atom. The Hall–Kier alpha value is -2.23. The fourth-order valence-electron chi connectivity index (χ4n) is 2.80. The van der Waals surface area contributed by atoms with Crippen LogP contribution in [0.25, 0.3) is 0 Å². The topological polar surface area (TPSA) is 79.6 Å². The van der Waals surface area contributed by atoms with Crippen LogP contribution in [0.15, 0.2) is 80.7 Å². The molecular weight excluding hydrogens is 500 g/mol. The van der Waals surface area contributed by atoms with Crippen LogP contribution < -0.4 is 9.62 Å². The number of carbonyl (C=O) groups is 1. The fourth-order valence-corrected chi connectivity index (χ4v) is 5.36. The zero-order valence-corrected chi connectivity index (χ0v) is 20.2. The van der Waals surface area contributed by atoms with Crippen molar-refractivity contribution in [2.75, 3.05) is 23.1 Å². The second-order valence-electron chi connectivity index (χ2n) is 6.79. The molecule has 3 rings (SSSR count). The van der Waals surface area contributed by atoms with Gasteiger partial charge in [-0.1, -0.05) is 39.7 Å². The average Bonchev–Trinajstić information content (AvgIpc) is 3.25. The predicted molar refractivity (Wildman–Crippen MR) is 128 cm³/mol. The lowest BCUT2D eigenvalue weighted by Crippen LogP contribution is -2.41. The van der Waals surface area contributed by atoms with Crippen molar-refractivity contribution in [3.8, 4) is 0 Å². The summed E-state index contributed by atoms with van der Waals surface area (Å²) in [6.07, 6.45) is 1.63. The number of anilines is 1. The summed E-state index contributed by atoms with van der Waals surface area (Å²) in [6, 6.07) is 17.2.